The van der Waals surface area contributed by atoms with Gasteiger partial charge in [0.25, 0.3) is 0 Å². The molecular formula is C34H38Cl2N10O2. The molecule has 2 aromatic heterocycles. The van der Waals surface area contributed by atoms with Crippen molar-refractivity contribution in [2.24, 2.45) is 0 Å². The summed E-state index contributed by atoms with van der Waals surface area (Å²) in [7, 11) is 3.61. The number of hydrogen-bond acceptors (Lipinski definition) is 10. The van der Waals surface area contributed by atoms with Crippen molar-refractivity contribution in [2.45, 2.75) is 50.9 Å². The van der Waals surface area contributed by atoms with Crippen molar-refractivity contribution < 1.29 is 9.59 Å². The van der Waals surface area contributed by atoms with Gasteiger partial charge in [0.2, 0.25) is 11.8 Å². The second-order valence-corrected chi connectivity index (χ2v) is 12.6. The van der Waals surface area contributed by atoms with Gasteiger partial charge in [0.15, 0.2) is 0 Å². The molecule has 0 radical (unpaired) electrons. The molecule has 4 aromatic rings. The highest BCUT2D eigenvalue weighted by Gasteiger charge is 2.22. The number of nitrogens with zero attached hydrogens (tertiary/aromatic N) is 4. The largest absolute Gasteiger partial charge is 0.372 e. The lowest BCUT2D eigenvalue weighted by Gasteiger charge is -2.16. The first-order chi connectivity index (χ1) is 23.3. The average Bonchev–Trinajstić information content (AvgIpc) is 3.72. The third-order valence-electron chi connectivity index (χ3n) is 8.55. The molecule has 4 heterocycles. The number of halogens is 2. The van der Waals surface area contributed by atoms with Gasteiger partial charge in [-0.15, -0.1) is 0 Å². The van der Waals surface area contributed by atoms with E-state index >= 15 is 0 Å². The molecule has 0 saturated carbocycles. The van der Waals surface area contributed by atoms with E-state index in [0.29, 0.717) is 72.1 Å². The zero-order chi connectivity index (χ0) is 33.6. The minimum absolute atomic E-state index is 0.0947. The molecule has 0 unspecified atom stereocenters. The zero-order valence-electron chi connectivity index (χ0n) is 26.8. The van der Waals surface area contributed by atoms with Crippen molar-refractivity contribution in [2.75, 3.05) is 37.8 Å². The Morgan fingerprint density at radius 2 is 1.10 bits per heavy atom. The highest BCUT2D eigenvalue weighted by atomic mass is 35.5. The van der Waals surface area contributed by atoms with Gasteiger partial charge in [-0.3, -0.25) is 19.6 Å². The molecule has 2 saturated heterocycles. The van der Waals surface area contributed by atoms with E-state index < -0.39 is 0 Å². The molecule has 48 heavy (non-hydrogen) atoms. The molecule has 12 nitrogen and oxygen atoms in total. The number of hydrogen-bond donors (Lipinski definition) is 6. The third-order valence-corrected chi connectivity index (χ3v) is 9.36. The minimum atomic E-state index is 0.0947. The maximum Gasteiger partial charge on any atom is 0.220 e. The lowest BCUT2D eigenvalue weighted by atomic mass is 9.98. The lowest BCUT2D eigenvalue weighted by molar-refractivity contribution is -0.120. The number of anilines is 2. The summed E-state index contributed by atoms with van der Waals surface area (Å²) in [6, 6.07) is 11.8. The summed E-state index contributed by atoms with van der Waals surface area (Å²) in [6.45, 7) is 2.33. The van der Waals surface area contributed by atoms with E-state index in [-0.39, 0.29) is 23.9 Å². The summed E-state index contributed by atoms with van der Waals surface area (Å²) in [5, 5.41) is 20.0. The van der Waals surface area contributed by atoms with Gasteiger partial charge in [-0.25, -0.2) is 9.97 Å². The summed E-state index contributed by atoms with van der Waals surface area (Å²) in [5.41, 5.74) is 5.71. The van der Waals surface area contributed by atoms with Crippen LogP contribution in [0.15, 0.2) is 48.8 Å². The van der Waals surface area contributed by atoms with Crippen LogP contribution in [0, 0.1) is 0 Å². The second-order valence-electron chi connectivity index (χ2n) is 11.8. The van der Waals surface area contributed by atoms with E-state index in [9.17, 15) is 9.59 Å². The van der Waals surface area contributed by atoms with Gasteiger partial charge in [0.05, 0.1) is 45.2 Å². The molecule has 6 N–H and O–H groups in total. The fraction of sp³-hybridized carbons (Fsp3) is 0.353. The van der Waals surface area contributed by atoms with Crippen LogP contribution in [0.3, 0.4) is 0 Å². The van der Waals surface area contributed by atoms with Gasteiger partial charge in [0, 0.05) is 87.5 Å². The third kappa shape index (κ3) is 7.52. The van der Waals surface area contributed by atoms with Gasteiger partial charge >= 0.3 is 0 Å². The summed E-state index contributed by atoms with van der Waals surface area (Å²) < 4.78 is 0. The van der Waals surface area contributed by atoms with Gasteiger partial charge in [-0.1, -0.05) is 59.6 Å². The van der Waals surface area contributed by atoms with Crippen molar-refractivity contribution in [3.63, 3.8) is 0 Å². The van der Waals surface area contributed by atoms with Crippen LogP contribution in [0.1, 0.15) is 37.1 Å². The molecule has 6 rings (SSSR count). The first-order valence-electron chi connectivity index (χ1n) is 16.0. The Kier molecular flexibility index (Phi) is 10.7. The molecule has 2 fully saturated rings. The van der Waals surface area contributed by atoms with Gasteiger partial charge in [-0.05, 0) is 12.8 Å². The average molecular weight is 690 g/mol. The maximum atomic E-state index is 11.5. The van der Waals surface area contributed by atoms with Crippen molar-refractivity contribution in [1.82, 2.24) is 41.2 Å². The van der Waals surface area contributed by atoms with Gasteiger partial charge < -0.3 is 31.9 Å². The Bertz CT molecular complexity index is 1690. The number of carbonyl (C=O) groups excluding carboxylic acids is 2. The zero-order valence-corrected chi connectivity index (χ0v) is 28.3. The van der Waals surface area contributed by atoms with Crippen LogP contribution in [-0.2, 0) is 22.7 Å². The summed E-state index contributed by atoms with van der Waals surface area (Å²) in [4.78, 5) is 42.0. The Balaban J connectivity index is 1.20. The van der Waals surface area contributed by atoms with E-state index in [1.165, 1.54) is 0 Å². The van der Waals surface area contributed by atoms with Crippen LogP contribution in [0.2, 0.25) is 10.0 Å². The van der Waals surface area contributed by atoms with Crippen molar-refractivity contribution in [3.8, 4) is 33.6 Å². The van der Waals surface area contributed by atoms with Crippen LogP contribution >= 0.6 is 23.2 Å². The molecule has 0 spiro atoms. The summed E-state index contributed by atoms with van der Waals surface area (Å²) >= 11 is 14.1. The topological polar surface area (TPSA) is 158 Å². The maximum absolute atomic E-state index is 11.5. The lowest BCUT2D eigenvalue weighted by Crippen LogP contribution is -2.35. The molecule has 2 aliphatic heterocycles. The van der Waals surface area contributed by atoms with Gasteiger partial charge in [0.1, 0.15) is 11.6 Å². The van der Waals surface area contributed by atoms with Crippen LogP contribution in [0.4, 0.5) is 11.6 Å². The molecule has 250 valence electrons. The number of nitrogens with one attached hydrogen (secondary N) is 6. The monoisotopic (exact) mass is 688 g/mol. The molecule has 2 aliphatic rings. The Hall–Kier alpha value is -4.36. The standard InChI is InChI=1S/C34H38Cl2N10O2/c1-37-33-27(15-39-13-19-9-11-29(47)43-19)41-17-25(45-33)23-7-3-5-21(31(23)35)22-6-4-8-24(32(22)36)26-18-42-28(34(38-2)46-26)16-40-14-20-10-12-30(48)44-20/h3-8,17-20,39-40H,9-16H2,1-2H3,(H,37,45)(H,38,46)(H,43,47)(H,44,48)/t19-,20-/m0/s1. The van der Waals surface area contributed by atoms with E-state index in [1.54, 1.807) is 26.5 Å². The molecule has 2 atom stereocenters. The first-order valence-corrected chi connectivity index (χ1v) is 16.8. The predicted octanol–water partition coefficient (Wildman–Crippen LogP) is 4.39. The molecule has 14 heteroatoms. The Morgan fingerprint density at radius 1 is 0.688 bits per heavy atom. The smallest absolute Gasteiger partial charge is 0.220 e. The van der Waals surface area contributed by atoms with Gasteiger partial charge in [-0.2, -0.15) is 0 Å². The molecule has 0 aliphatic carbocycles. The highest BCUT2D eigenvalue weighted by Crippen LogP contribution is 2.42. The molecule has 2 amide bonds. The Morgan fingerprint density at radius 3 is 1.48 bits per heavy atom. The quantitative estimate of drug-likeness (QED) is 0.119. The van der Waals surface area contributed by atoms with Crippen LogP contribution in [-0.4, -0.2) is 71.0 Å². The normalized spacial score (nSPS) is 17.3. The van der Waals surface area contributed by atoms with Crippen LogP contribution in [0.5, 0.6) is 0 Å². The van der Waals surface area contributed by atoms with Crippen molar-refractivity contribution in [3.05, 3.63) is 70.2 Å². The fourth-order valence-electron chi connectivity index (χ4n) is 6.01. The van der Waals surface area contributed by atoms with E-state index in [4.69, 9.17) is 33.2 Å². The minimum Gasteiger partial charge on any atom is -0.372 e. The first kappa shape index (κ1) is 33.5. The molecule has 2 aromatic carbocycles. The Labute approximate surface area is 289 Å². The predicted molar refractivity (Wildman–Crippen MR) is 189 cm³/mol. The summed E-state index contributed by atoms with van der Waals surface area (Å²) in [5.74, 6) is 1.47. The second kappa shape index (κ2) is 15.2. The number of carbonyl (C=O) groups is 2. The number of rotatable bonds is 13. The van der Waals surface area contributed by atoms with Crippen molar-refractivity contribution in [1.29, 1.82) is 0 Å². The number of aromatic nitrogens is 4. The summed E-state index contributed by atoms with van der Waals surface area (Å²) in [6.07, 6.45) is 6.23. The highest BCUT2D eigenvalue weighted by molar-refractivity contribution is 6.39. The van der Waals surface area contributed by atoms with Crippen LogP contribution in [0.25, 0.3) is 33.6 Å². The van der Waals surface area contributed by atoms with Crippen LogP contribution < -0.4 is 31.9 Å². The number of benzene rings is 2. The van der Waals surface area contributed by atoms with E-state index in [0.717, 1.165) is 46.5 Å². The SMILES string of the molecule is CNc1nc(-c2cccc(-c3cccc(-c4cnc(CNC[C@@H]5CCC(=O)N5)c(NC)n4)c3Cl)c2Cl)cnc1CNC[C@@H]1CCC(=O)N1. The molecular weight excluding hydrogens is 651 g/mol. The van der Waals surface area contributed by atoms with E-state index in [1.807, 2.05) is 36.4 Å². The van der Waals surface area contributed by atoms with Crippen molar-refractivity contribution >= 4 is 46.7 Å². The fourth-order valence-corrected chi connectivity index (χ4v) is 6.66. The molecule has 0 bridgehead atoms. The number of amides is 2. The van der Waals surface area contributed by atoms with E-state index in [2.05, 4.69) is 41.9 Å².